The number of nitrogens with one attached hydrogen (secondary N) is 1. The minimum Gasteiger partial charge on any atom is -0.507 e. The number of piperazine rings is 1. The van der Waals surface area contributed by atoms with Crippen molar-refractivity contribution < 1.29 is 19.4 Å². The molecule has 0 spiro atoms. The normalized spacial score (nSPS) is 26.6. The topological polar surface area (TPSA) is 166 Å². The lowest BCUT2D eigenvalue weighted by molar-refractivity contribution is -0.134. The lowest BCUT2D eigenvalue weighted by Crippen LogP contribution is -2.54. The first-order chi connectivity index (χ1) is 28.4. The van der Waals surface area contributed by atoms with Crippen LogP contribution < -0.4 is 30.5 Å². The fourth-order valence-electron chi connectivity index (χ4n) is 10.8. The molecule has 0 unspecified atom stereocenters. The van der Waals surface area contributed by atoms with Crippen molar-refractivity contribution >= 4 is 35.0 Å². The van der Waals surface area contributed by atoms with E-state index in [1.54, 1.807) is 12.1 Å². The molecule has 2 amide bonds. The summed E-state index contributed by atoms with van der Waals surface area (Å²) in [6, 6.07) is 18.4. The number of rotatable bonds is 7. The Bertz CT molecular complexity index is 2170. The summed E-state index contributed by atoms with van der Waals surface area (Å²) >= 11 is 0. The molecule has 14 heteroatoms. The SMILES string of the molecule is Nc1nnc(-c2ccccc2O)cc1N1C[C@H]2CC[C@@H](C1)N2c1nccc(C2CCN(C3CCC(c4cccc5c4OCCN5[C@@H]4CCC(=O)NC4=O)CC3)CC2)n1. The molecule has 2 bridgehead atoms. The minimum absolute atomic E-state index is 0.170. The number of para-hydroxylation sites is 2. The summed E-state index contributed by atoms with van der Waals surface area (Å²) in [5.41, 5.74) is 11.9. The number of amides is 2. The van der Waals surface area contributed by atoms with Crippen molar-refractivity contribution in [1.29, 1.82) is 0 Å². The number of benzene rings is 2. The lowest BCUT2D eigenvalue weighted by atomic mass is 9.79. The molecule has 14 nitrogen and oxygen atoms in total. The Labute approximate surface area is 338 Å². The van der Waals surface area contributed by atoms with E-state index < -0.39 is 0 Å². The summed E-state index contributed by atoms with van der Waals surface area (Å²) in [5, 5.41) is 21.5. The fourth-order valence-corrected chi connectivity index (χ4v) is 10.8. The highest BCUT2D eigenvalue weighted by Crippen LogP contribution is 2.46. The van der Waals surface area contributed by atoms with E-state index in [0.717, 1.165) is 93.5 Å². The summed E-state index contributed by atoms with van der Waals surface area (Å²) < 4.78 is 6.31. The summed E-state index contributed by atoms with van der Waals surface area (Å²) in [6.45, 7) is 4.94. The van der Waals surface area contributed by atoms with E-state index in [9.17, 15) is 14.7 Å². The van der Waals surface area contributed by atoms with Crippen LogP contribution in [0.5, 0.6) is 11.5 Å². The number of aromatic hydroxyl groups is 1. The van der Waals surface area contributed by atoms with Gasteiger partial charge in [-0.15, -0.1) is 10.2 Å². The van der Waals surface area contributed by atoms with Crippen LogP contribution in [-0.4, -0.2) is 105 Å². The van der Waals surface area contributed by atoms with E-state index in [2.05, 4.69) is 59.4 Å². The molecule has 2 aromatic carbocycles. The van der Waals surface area contributed by atoms with Gasteiger partial charge in [-0.25, -0.2) is 9.97 Å². The predicted octanol–water partition coefficient (Wildman–Crippen LogP) is 4.99. The number of piperidine rings is 2. The molecular weight excluding hydrogens is 733 g/mol. The van der Waals surface area contributed by atoms with E-state index in [0.29, 0.717) is 60.9 Å². The Kier molecular flexibility index (Phi) is 9.74. The molecule has 5 aliphatic heterocycles. The number of phenols is 1. The molecule has 5 fully saturated rings. The van der Waals surface area contributed by atoms with Crippen LogP contribution in [0.2, 0.25) is 0 Å². The van der Waals surface area contributed by atoms with Crippen molar-refractivity contribution in [3.63, 3.8) is 0 Å². The van der Waals surface area contributed by atoms with Gasteiger partial charge in [0.2, 0.25) is 17.8 Å². The Morgan fingerprint density at radius 1 is 0.793 bits per heavy atom. The minimum atomic E-state index is -0.335. The third-order valence-corrected chi connectivity index (χ3v) is 13.8. The number of anilines is 4. The number of phenolic OH excluding ortho intramolecular Hbond substituents is 1. The van der Waals surface area contributed by atoms with Gasteiger partial charge >= 0.3 is 0 Å². The Morgan fingerprint density at radius 2 is 1.57 bits per heavy atom. The molecule has 302 valence electrons. The average molecular weight is 785 g/mol. The zero-order valence-electron chi connectivity index (χ0n) is 32.9. The van der Waals surface area contributed by atoms with Crippen molar-refractivity contribution in [2.75, 3.05) is 59.8 Å². The molecule has 1 aliphatic carbocycles. The molecule has 4 aromatic rings. The molecule has 2 aromatic heterocycles. The standard InChI is InChI=1S/C44H52N10O4/c45-42-38(24-35(49-50-42)33-4-1-2-7-39(33)55)52-25-30-12-13-31(26-52)54(30)44-46-19-16-34(47-44)28-17-20-51(21-18-28)29-10-8-27(9-11-29)32-5-3-6-36-41(32)58-23-22-53(36)37-14-15-40(56)48-43(37)57/h1-7,16,19,24,27-31,37,55H,8-15,17-18,20-23,25-26H2,(H2,45,50)(H,48,56,57)/t27?,29?,30-,31+,37-/m1/s1. The number of carbonyl (C=O) groups is 2. The van der Waals surface area contributed by atoms with Crippen LogP contribution in [0.3, 0.4) is 0 Å². The second kappa shape index (κ2) is 15.3. The number of carbonyl (C=O) groups excluding carboxylic acids is 2. The van der Waals surface area contributed by atoms with Gasteiger partial charge in [-0.2, -0.15) is 0 Å². The van der Waals surface area contributed by atoms with E-state index in [1.807, 2.05) is 24.4 Å². The first-order valence-corrected chi connectivity index (χ1v) is 21.3. The maximum atomic E-state index is 12.8. The van der Waals surface area contributed by atoms with Crippen LogP contribution in [0.4, 0.5) is 23.1 Å². The molecule has 6 aliphatic rings. The van der Waals surface area contributed by atoms with Crippen molar-refractivity contribution in [3.05, 3.63) is 72.1 Å². The summed E-state index contributed by atoms with van der Waals surface area (Å²) in [6.07, 6.45) is 11.8. The summed E-state index contributed by atoms with van der Waals surface area (Å²) in [5.74, 6) is 2.80. The number of hydrogen-bond donors (Lipinski definition) is 3. The Balaban J connectivity index is 0.753. The van der Waals surface area contributed by atoms with Gasteiger partial charge in [-0.1, -0.05) is 24.3 Å². The predicted molar refractivity (Wildman–Crippen MR) is 221 cm³/mol. The number of nitrogen functional groups attached to an aromatic ring is 1. The number of likely N-dealkylation sites (tertiary alicyclic amines) is 1. The van der Waals surface area contributed by atoms with Crippen LogP contribution in [0, 0.1) is 0 Å². The number of ether oxygens (including phenoxy) is 1. The second-order valence-corrected chi connectivity index (χ2v) is 17.0. The van der Waals surface area contributed by atoms with Gasteiger partial charge in [-0.05, 0) is 113 Å². The van der Waals surface area contributed by atoms with Gasteiger partial charge in [0.1, 0.15) is 24.1 Å². The second-order valence-electron chi connectivity index (χ2n) is 17.0. The number of hydrogen-bond acceptors (Lipinski definition) is 13. The van der Waals surface area contributed by atoms with Crippen LogP contribution in [0.15, 0.2) is 60.8 Å². The number of nitrogens with two attached hydrogens (primary N) is 1. The van der Waals surface area contributed by atoms with Gasteiger partial charge in [0.05, 0.1) is 23.6 Å². The molecule has 10 rings (SSSR count). The van der Waals surface area contributed by atoms with Crippen molar-refractivity contribution in [2.24, 2.45) is 0 Å². The third kappa shape index (κ3) is 6.84. The van der Waals surface area contributed by atoms with Crippen LogP contribution >= 0.6 is 0 Å². The van der Waals surface area contributed by atoms with E-state index in [1.165, 1.54) is 18.4 Å². The molecule has 58 heavy (non-hydrogen) atoms. The van der Waals surface area contributed by atoms with Gasteiger partial charge in [0.25, 0.3) is 0 Å². The maximum absolute atomic E-state index is 12.8. The van der Waals surface area contributed by atoms with Crippen molar-refractivity contribution in [3.8, 4) is 22.8 Å². The largest absolute Gasteiger partial charge is 0.507 e. The van der Waals surface area contributed by atoms with Crippen LogP contribution in [-0.2, 0) is 9.59 Å². The first-order valence-electron chi connectivity index (χ1n) is 21.3. The molecule has 7 heterocycles. The maximum Gasteiger partial charge on any atom is 0.249 e. The molecule has 4 saturated heterocycles. The van der Waals surface area contributed by atoms with Crippen LogP contribution in [0.25, 0.3) is 11.3 Å². The fraction of sp³-hybridized carbons (Fsp3) is 0.500. The van der Waals surface area contributed by atoms with Crippen LogP contribution in [0.1, 0.15) is 87.3 Å². The monoisotopic (exact) mass is 784 g/mol. The van der Waals surface area contributed by atoms with Gasteiger partial charge in [0, 0.05) is 61.0 Å². The lowest BCUT2D eigenvalue weighted by Gasteiger charge is -2.43. The zero-order valence-corrected chi connectivity index (χ0v) is 32.9. The van der Waals surface area contributed by atoms with Gasteiger partial charge in [0.15, 0.2) is 5.82 Å². The molecule has 3 atom stereocenters. The molecule has 1 saturated carbocycles. The van der Waals surface area contributed by atoms with Crippen molar-refractivity contribution in [1.82, 2.24) is 30.4 Å². The van der Waals surface area contributed by atoms with E-state index >= 15 is 0 Å². The highest BCUT2D eigenvalue weighted by molar-refractivity contribution is 6.02. The van der Waals surface area contributed by atoms with Crippen molar-refractivity contribution in [2.45, 2.75) is 100 Å². The smallest absolute Gasteiger partial charge is 0.249 e. The number of fused-ring (bicyclic) bond motifs is 3. The average Bonchev–Trinajstić information content (AvgIpc) is 3.52. The summed E-state index contributed by atoms with van der Waals surface area (Å²) in [7, 11) is 0. The van der Waals surface area contributed by atoms with Gasteiger partial charge in [-0.3, -0.25) is 14.9 Å². The Morgan fingerprint density at radius 3 is 2.34 bits per heavy atom. The first kappa shape index (κ1) is 36.8. The zero-order chi connectivity index (χ0) is 39.3. The highest BCUT2D eigenvalue weighted by Gasteiger charge is 2.43. The van der Waals surface area contributed by atoms with Gasteiger partial charge < -0.3 is 35.2 Å². The third-order valence-electron chi connectivity index (χ3n) is 13.8. The number of imide groups is 1. The molecule has 4 N–H and O–H groups in total. The summed E-state index contributed by atoms with van der Waals surface area (Å²) in [4.78, 5) is 44.3. The highest BCUT2D eigenvalue weighted by atomic mass is 16.5. The molecular formula is C44H52N10O4. The number of aromatic nitrogens is 4. The molecule has 0 radical (unpaired) electrons. The van der Waals surface area contributed by atoms with E-state index in [4.69, 9.17) is 20.4 Å². The van der Waals surface area contributed by atoms with E-state index in [-0.39, 0.29) is 35.7 Å². The Hall–Kier alpha value is -5.50. The quantitative estimate of drug-likeness (QED) is 0.215. The number of nitrogens with zero attached hydrogens (tertiary/aromatic N) is 8.